The molecule has 12 heteroatoms. The van der Waals surface area contributed by atoms with Gasteiger partial charge >= 0.3 is 11.9 Å². The van der Waals surface area contributed by atoms with Gasteiger partial charge in [0.2, 0.25) is 5.16 Å². The molecule has 150 valence electrons. The highest BCUT2D eigenvalue weighted by Gasteiger charge is 2.17. The fourth-order valence-electron chi connectivity index (χ4n) is 2.25. The molecule has 2 heterocycles. The number of benzene rings is 1. The van der Waals surface area contributed by atoms with Crippen molar-refractivity contribution in [2.75, 3.05) is 14.2 Å². The first kappa shape index (κ1) is 19.9. The van der Waals surface area contributed by atoms with E-state index in [-0.39, 0.29) is 15.8 Å². The Morgan fingerprint density at radius 1 is 1.28 bits per heavy atom. The lowest BCUT2D eigenvalue weighted by Crippen LogP contribution is -1.97. The summed E-state index contributed by atoms with van der Waals surface area (Å²) in [5, 5.41) is 27.0. The van der Waals surface area contributed by atoms with Crippen LogP contribution in [0.1, 0.15) is 5.76 Å². The molecule has 0 amide bonds. The van der Waals surface area contributed by atoms with Gasteiger partial charge in [-0.25, -0.2) is 9.78 Å². The highest BCUT2D eigenvalue weighted by atomic mass is 32.2. The Kier molecular flexibility index (Phi) is 5.83. The number of aromatic amines is 1. The standard InChI is InChI=1S/C17H14N4O7S/c1-26-11-5-9(6-12(7-11)27-2)15-18-17(20-19-15)29-13(16(22)23)8-10-3-4-14(28-10)21(24)25/h3-8H,1-2H3,(H,22,23)(H,18,19,20)/b13-8-. The van der Waals surface area contributed by atoms with E-state index in [1.54, 1.807) is 18.2 Å². The molecule has 0 aliphatic carbocycles. The molecule has 0 unspecified atom stereocenters. The van der Waals surface area contributed by atoms with Crippen LogP contribution >= 0.6 is 11.8 Å². The summed E-state index contributed by atoms with van der Waals surface area (Å²) < 4.78 is 15.4. The lowest BCUT2D eigenvalue weighted by molar-refractivity contribution is -0.402. The van der Waals surface area contributed by atoms with E-state index < -0.39 is 16.8 Å². The Hall–Kier alpha value is -3.80. The fourth-order valence-corrected chi connectivity index (χ4v) is 2.93. The number of nitro groups is 1. The van der Waals surface area contributed by atoms with Crippen LogP contribution < -0.4 is 9.47 Å². The Morgan fingerprint density at radius 2 is 1.97 bits per heavy atom. The van der Waals surface area contributed by atoms with Crippen molar-refractivity contribution in [2.45, 2.75) is 5.16 Å². The number of thioether (sulfide) groups is 1. The number of ether oxygens (including phenoxy) is 2. The van der Waals surface area contributed by atoms with Crippen molar-refractivity contribution in [1.29, 1.82) is 0 Å². The van der Waals surface area contributed by atoms with Crippen LogP contribution in [0.15, 0.2) is 44.8 Å². The largest absolute Gasteiger partial charge is 0.497 e. The topological polar surface area (TPSA) is 154 Å². The van der Waals surface area contributed by atoms with Crippen LogP contribution in [0.25, 0.3) is 17.5 Å². The maximum atomic E-state index is 11.5. The van der Waals surface area contributed by atoms with Crippen LogP contribution in [-0.2, 0) is 4.79 Å². The molecule has 0 saturated carbocycles. The van der Waals surface area contributed by atoms with Gasteiger partial charge < -0.3 is 19.0 Å². The minimum Gasteiger partial charge on any atom is -0.497 e. The number of nitrogens with one attached hydrogen (secondary N) is 1. The normalized spacial score (nSPS) is 11.3. The molecule has 0 atom stereocenters. The van der Waals surface area contributed by atoms with Gasteiger partial charge in [-0.1, -0.05) is 0 Å². The number of carboxylic acid groups (broad SMARTS) is 1. The third-order valence-corrected chi connectivity index (χ3v) is 4.45. The molecule has 0 spiro atoms. The summed E-state index contributed by atoms with van der Waals surface area (Å²) >= 11 is 0.760. The number of aromatic nitrogens is 3. The summed E-state index contributed by atoms with van der Waals surface area (Å²) in [5.74, 6) is -0.245. The first-order valence-corrected chi connectivity index (χ1v) is 8.74. The number of hydrogen-bond acceptors (Lipinski definition) is 9. The number of H-pyrrole nitrogens is 1. The van der Waals surface area contributed by atoms with Gasteiger partial charge in [-0.15, -0.1) is 5.10 Å². The number of aliphatic carboxylic acids is 1. The van der Waals surface area contributed by atoms with E-state index in [2.05, 4.69) is 15.2 Å². The quantitative estimate of drug-likeness (QED) is 0.241. The lowest BCUT2D eigenvalue weighted by atomic mass is 10.2. The molecule has 1 aromatic carbocycles. The zero-order valence-electron chi connectivity index (χ0n) is 15.1. The van der Waals surface area contributed by atoms with Crippen LogP contribution in [0.4, 0.5) is 5.88 Å². The minimum absolute atomic E-state index is 0.0230. The number of rotatable bonds is 8. The van der Waals surface area contributed by atoms with Gasteiger partial charge in [0.05, 0.1) is 20.3 Å². The molecule has 2 N–H and O–H groups in total. The van der Waals surface area contributed by atoms with Crippen molar-refractivity contribution in [2.24, 2.45) is 0 Å². The van der Waals surface area contributed by atoms with Gasteiger partial charge in [-0.05, 0) is 30.0 Å². The van der Waals surface area contributed by atoms with Gasteiger partial charge in [0, 0.05) is 17.7 Å². The van der Waals surface area contributed by atoms with E-state index >= 15 is 0 Å². The second kappa shape index (κ2) is 8.48. The highest BCUT2D eigenvalue weighted by molar-refractivity contribution is 8.04. The van der Waals surface area contributed by atoms with Crippen molar-refractivity contribution in [3.8, 4) is 22.9 Å². The molecule has 0 saturated heterocycles. The smallest absolute Gasteiger partial charge is 0.433 e. The van der Waals surface area contributed by atoms with E-state index in [0.717, 1.165) is 23.9 Å². The summed E-state index contributed by atoms with van der Waals surface area (Å²) in [6, 6.07) is 7.56. The van der Waals surface area contributed by atoms with E-state index in [0.29, 0.717) is 22.9 Å². The van der Waals surface area contributed by atoms with Crippen molar-refractivity contribution in [3.05, 3.63) is 51.1 Å². The van der Waals surface area contributed by atoms with E-state index in [4.69, 9.17) is 13.9 Å². The predicted molar refractivity (Wildman–Crippen MR) is 102 cm³/mol. The second-order valence-corrected chi connectivity index (χ2v) is 6.43. The van der Waals surface area contributed by atoms with Crippen molar-refractivity contribution in [1.82, 2.24) is 15.2 Å². The van der Waals surface area contributed by atoms with Gasteiger partial charge in [-0.2, -0.15) is 0 Å². The third kappa shape index (κ3) is 4.73. The summed E-state index contributed by atoms with van der Waals surface area (Å²) in [5.41, 5.74) is 0.628. The van der Waals surface area contributed by atoms with Crippen molar-refractivity contribution < 1.29 is 28.7 Å². The maximum Gasteiger partial charge on any atom is 0.433 e. The number of carboxylic acids is 1. The average Bonchev–Trinajstić information content (AvgIpc) is 3.36. The second-order valence-electron chi connectivity index (χ2n) is 5.42. The number of furan rings is 1. The van der Waals surface area contributed by atoms with E-state index in [1.165, 1.54) is 20.3 Å². The van der Waals surface area contributed by atoms with Crippen LogP contribution in [0.2, 0.25) is 0 Å². The molecule has 0 aliphatic rings. The summed E-state index contributed by atoms with van der Waals surface area (Å²) in [7, 11) is 3.03. The number of methoxy groups -OCH3 is 2. The van der Waals surface area contributed by atoms with E-state index in [9.17, 15) is 20.0 Å². The molecule has 29 heavy (non-hydrogen) atoms. The van der Waals surface area contributed by atoms with Crippen LogP contribution in [0.3, 0.4) is 0 Å². The molecule has 0 bridgehead atoms. The van der Waals surface area contributed by atoms with Gasteiger partial charge in [0.1, 0.15) is 27.1 Å². The molecule has 3 rings (SSSR count). The monoisotopic (exact) mass is 418 g/mol. The predicted octanol–water partition coefficient (Wildman–Crippen LogP) is 3.21. The van der Waals surface area contributed by atoms with Crippen LogP contribution in [0, 0.1) is 10.1 Å². The van der Waals surface area contributed by atoms with E-state index in [1.807, 2.05) is 0 Å². The summed E-state index contributed by atoms with van der Waals surface area (Å²) in [6.45, 7) is 0. The Labute approximate surface area is 167 Å². The fraction of sp³-hybridized carbons (Fsp3) is 0.118. The van der Waals surface area contributed by atoms with Crippen molar-refractivity contribution in [3.63, 3.8) is 0 Å². The molecule has 0 aliphatic heterocycles. The molecule has 11 nitrogen and oxygen atoms in total. The summed E-state index contributed by atoms with van der Waals surface area (Å²) in [4.78, 5) is 25.6. The molecule has 0 fully saturated rings. The molecular formula is C17H14N4O7S. The van der Waals surface area contributed by atoms with Gasteiger partial charge in [-0.3, -0.25) is 15.2 Å². The first-order valence-electron chi connectivity index (χ1n) is 7.92. The average molecular weight is 418 g/mol. The summed E-state index contributed by atoms with van der Waals surface area (Å²) in [6.07, 6.45) is 1.16. The van der Waals surface area contributed by atoms with Crippen molar-refractivity contribution >= 4 is 29.7 Å². The van der Waals surface area contributed by atoms with Crippen LogP contribution in [-0.4, -0.2) is 45.4 Å². The highest BCUT2D eigenvalue weighted by Crippen LogP contribution is 2.31. The number of nitrogens with zero attached hydrogens (tertiary/aromatic N) is 3. The van der Waals surface area contributed by atoms with Gasteiger partial charge in [0.15, 0.2) is 5.82 Å². The molecule has 2 aromatic heterocycles. The first-order chi connectivity index (χ1) is 13.9. The maximum absolute atomic E-state index is 11.5. The lowest BCUT2D eigenvalue weighted by Gasteiger charge is -2.06. The third-order valence-electron chi connectivity index (χ3n) is 3.57. The van der Waals surface area contributed by atoms with Crippen LogP contribution in [0.5, 0.6) is 11.5 Å². The zero-order valence-corrected chi connectivity index (χ0v) is 15.9. The molecule has 3 aromatic rings. The van der Waals surface area contributed by atoms with Gasteiger partial charge in [0.25, 0.3) is 0 Å². The SMILES string of the molecule is COc1cc(OC)cc(-c2nc(S/C(=C\c3ccc([N+](=O)[O-])o3)C(=O)O)n[nH]2)c1. The number of carbonyl (C=O) groups is 1. The Morgan fingerprint density at radius 3 is 2.52 bits per heavy atom. The minimum atomic E-state index is -1.26. The Bertz CT molecular complexity index is 1070. The number of hydrogen-bond donors (Lipinski definition) is 2. The zero-order chi connectivity index (χ0) is 21.0. The molecular weight excluding hydrogens is 404 g/mol. The molecule has 0 radical (unpaired) electrons. The Balaban J connectivity index is 1.86.